The molecule has 0 aliphatic carbocycles. The smallest absolute Gasteiger partial charge is 0.345 e. The average molecular weight is 503 g/mol. The normalized spacial score (nSPS) is 19.3. The van der Waals surface area contributed by atoms with Gasteiger partial charge in [-0.2, -0.15) is 0 Å². The predicted molar refractivity (Wildman–Crippen MR) is 127 cm³/mol. The molecule has 0 fully saturated rings. The highest BCUT2D eigenvalue weighted by Crippen LogP contribution is 2.72. The van der Waals surface area contributed by atoms with Gasteiger partial charge in [-0.15, -0.1) is 0 Å². The number of rotatable bonds is 14. The van der Waals surface area contributed by atoms with Gasteiger partial charge in [0, 0.05) is 12.0 Å². The summed E-state index contributed by atoms with van der Waals surface area (Å²) in [6, 6.07) is 9.00. The third-order valence-electron chi connectivity index (χ3n) is 5.28. The molecule has 11 heteroatoms. The first-order valence-corrected chi connectivity index (χ1v) is 14.5. The number of nitrogens with zero attached hydrogens (tertiary/aromatic N) is 1. The molecule has 1 heterocycles. The number of aliphatic imine (C=N–C) groups is 1. The van der Waals surface area contributed by atoms with E-state index in [1.807, 2.05) is 6.07 Å². The molecule has 1 aliphatic rings. The van der Waals surface area contributed by atoms with Gasteiger partial charge in [-0.25, -0.2) is 9.79 Å². The zero-order valence-electron chi connectivity index (χ0n) is 20.2. The first-order valence-electron chi connectivity index (χ1n) is 11.3. The number of cyclic esters (lactones) is 1. The van der Waals surface area contributed by atoms with Crippen LogP contribution in [0.15, 0.2) is 35.3 Å². The van der Waals surface area contributed by atoms with Crippen molar-refractivity contribution in [2.24, 2.45) is 10.9 Å². The van der Waals surface area contributed by atoms with Crippen molar-refractivity contribution in [1.82, 2.24) is 0 Å². The van der Waals surface area contributed by atoms with E-state index >= 15 is 0 Å². The van der Waals surface area contributed by atoms with E-state index in [1.54, 1.807) is 65.8 Å². The molecule has 0 bridgehead atoms. The van der Waals surface area contributed by atoms with Crippen LogP contribution >= 0.6 is 15.2 Å². The molecule has 0 spiro atoms. The van der Waals surface area contributed by atoms with E-state index in [-0.39, 0.29) is 44.7 Å². The Morgan fingerprint density at radius 2 is 1.33 bits per heavy atom. The van der Waals surface area contributed by atoms with Crippen molar-refractivity contribution >= 4 is 27.1 Å². The number of carbonyl (C=O) groups is 1. The Kier molecular flexibility index (Phi) is 10.0. The molecule has 186 valence electrons. The highest BCUT2D eigenvalue weighted by Gasteiger charge is 2.59. The molecule has 0 saturated carbocycles. The van der Waals surface area contributed by atoms with Gasteiger partial charge in [0.25, 0.3) is 0 Å². The zero-order valence-corrected chi connectivity index (χ0v) is 22.0. The van der Waals surface area contributed by atoms with Crippen molar-refractivity contribution in [3.8, 4) is 0 Å². The molecule has 0 amide bonds. The lowest BCUT2D eigenvalue weighted by molar-refractivity contribution is -0.140. The van der Waals surface area contributed by atoms with Crippen LogP contribution in [-0.2, 0) is 36.8 Å². The van der Waals surface area contributed by atoms with E-state index in [2.05, 4.69) is 4.99 Å². The van der Waals surface area contributed by atoms with Crippen molar-refractivity contribution in [2.45, 2.75) is 58.9 Å². The molecule has 0 radical (unpaired) electrons. The van der Waals surface area contributed by atoms with Gasteiger partial charge in [-0.05, 0) is 45.7 Å². The molecule has 0 aromatic heterocycles. The molecule has 1 aromatic carbocycles. The number of carbonyl (C=O) groups excluding carboxylic acids is 1. The predicted octanol–water partition coefficient (Wildman–Crippen LogP) is 5.63. The first-order chi connectivity index (χ1) is 15.6. The SMILES string of the molecule is CCOP(=O)(OCC)C(CC1(C(C)C)N=C(c2ccccc2)OC1=O)P(=O)(OCC)OCC. The van der Waals surface area contributed by atoms with E-state index in [0.717, 1.165) is 0 Å². The van der Waals surface area contributed by atoms with E-state index in [9.17, 15) is 13.9 Å². The maximum atomic E-state index is 13.9. The summed E-state index contributed by atoms with van der Waals surface area (Å²) in [5.41, 5.74) is -0.857. The first kappa shape index (κ1) is 27.9. The van der Waals surface area contributed by atoms with Gasteiger partial charge in [0.05, 0.1) is 26.4 Å². The topological polar surface area (TPSA) is 110 Å². The standard InChI is InChI=1S/C22H35NO8P2/c1-7-27-32(25,28-8-2)19(33(26,29-9-3)30-10-4)16-22(17(5)6)21(24)31-20(23-22)18-14-12-11-13-15-18/h11-15,17,19H,7-10,16H2,1-6H3. The summed E-state index contributed by atoms with van der Waals surface area (Å²) in [4.78, 5) is 17.9. The summed E-state index contributed by atoms with van der Waals surface area (Å²) in [6.45, 7) is 10.4. The van der Waals surface area contributed by atoms with E-state index in [1.165, 1.54) is 0 Å². The molecule has 2 rings (SSSR count). The molecule has 33 heavy (non-hydrogen) atoms. The van der Waals surface area contributed by atoms with Crippen molar-refractivity contribution < 1.29 is 36.8 Å². The minimum absolute atomic E-state index is 0.0453. The molecule has 0 N–H and O–H groups in total. The number of esters is 1. The Labute approximate surface area is 196 Å². The molecule has 1 aromatic rings. The van der Waals surface area contributed by atoms with Gasteiger partial charge in [0.2, 0.25) is 5.90 Å². The fourth-order valence-electron chi connectivity index (χ4n) is 3.67. The lowest BCUT2D eigenvalue weighted by Crippen LogP contribution is -2.43. The summed E-state index contributed by atoms with van der Waals surface area (Å²) < 4.78 is 55.7. The van der Waals surface area contributed by atoms with Crippen molar-refractivity contribution in [1.29, 1.82) is 0 Å². The van der Waals surface area contributed by atoms with Gasteiger partial charge in [0.15, 0.2) is 10.9 Å². The summed E-state index contributed by atoms with van der Waals surface area (Å²) in [5, 5.41) is -1.38. The summed E-state index contributed by atoms with van der Waals surface area (Å²) in [5.74, 6) is -0.860. The second kappa shape index (κ2) is 11.9. The van der Waals surface area contributed by atoms with E-state index in [0.29, 0.717) is 5.56 Å². The van der Waals surface area contributed by atoms with Gasteiger partial charge in [0.1, 0.15) is 0 Å². The Balaban J connectivity index is 2.66. The fourth-order valence-corrected chi connectivity index (χ4v) is 9.14. The van der Waals surface area contributed by atoms with Gasteiger partial charge >= 0.3 is 21.2 Å². The van der Waals surface area contributed by atoms with Crippen LogP contribution in [0.2, 0.25) is 0 Å². The summed E-state index contributed by atoms with van der Waals surface area (Å²) >= 11 is 0. The minimum Gasteiger partial charge on any atom is -0.405 e. The van der Waals surface area contributed by atoms with Crippen LogP contribution in [0.3, 0.4) is 0 Å². The number of hydrogen-bond acceptors (Lipinski definition) is 9. The Morgan fingerprint density at radius 3 is 1.73 bits per heavy atom. The maximum Gasteiger partial charge on any atom is 0.345 e. The average Bonchev–Trinajstić information content (AvgIpc) is 3.11. The van der Waals surface area contributed by atoms with E-state index in [4.69, 9.17) is 22.8 Å². The fraction of sp³-hybridized carbons (Fsp3) is 0.636. The Morgan fingerprint density at radius 1 is 0.879 bits per heavy atom. The molecule has 1 atom stereocenters. The van der Waals surface area contributed by atoms with Crippen LogP contribution in [0, 0.1) is 5.92 Å². The van der Waals surface area contributed by atoms with Gasteiger partial charge in [-0.3, -0.25) is 9.13 Å². The third kappa shape index (κ3) is 6.02. The Hall–Kier alpha value is -1.34. The van der Waals surface area contributed by atoms with Crippen molar-refractivity contribution in [3.63, 3.8) is 0 Å². The molecular formula is C22H35NO8P2. The van der Waals surface area contributed by atoms with Gasteiger partial charge < -0.3 is 22.8 Å². The number of ether oxygens (including phenoxy) is 1. The Bertz CT molecular complexity index is 870. The molecule has 0 saturated heterocycles. The number of benzene rings is 1. The summed E-state index contributed by atoms with van der Waals surface area (Å²) in [6.07, 6.45) is -0.256. The molecular weight excluding hydrogens is 468 g/mol. The van der Waals surface area contributed by atoms with Gasteiger partial charge in [-0.1, -0.05) is 32.0 Å². The highest BCUT2D eigenvalue weighted by atomic mass is 31.2. The van der Waals surface area contributed by atoms with Crippen LogP contribution in [-0.4, -0.2) is 49.2 Å². The lowest BCUT2D eigenvalue weighted by atomic mass is 9.85. The second-order valence-electron chi connectivity index (χ2n) is 7.69. The maximum absolute atomic E-state index is 13.9. The third-order valence-corrected chi connectivity index (χ3v) is 11.3. The van der Waals surface area contributed by atoms with E-state index < -0.39 is 32.1 Å². The van der Waals surface area contributed by atoms with Crippen LogP contribution in [0.4, 0.5) is 0 Å². The lowest BCUT2D eigenvalue weighted by Gasteiger charge is -2.36. The van der Waals surface area contributed by atoms with Crippen LogP contribution in [0.25, 0.3) is 0 Å². The quantitative estimate of drug-likeness (QED) is 0.237. The molecule has 1 unspecified atom stereocenters. The van der Waals surface area contributed by atoms with Crippen molar-refractivity contribution in [2.75, 3.05) is 26.4 Å². The minimum atomic E-state index is -4.05. The van der Waals surface area contributed by atoms with Crippen LogP contribution in [0.1, 0.15) is 53.5 Å². The zero-order chi connectivity index (χ0) is 24.7. The largest absolute Gasteiger partial charge is 0.405 e. The van der Waals surface area contributed by atoms with Crippen LogP contribution < -0.4 is 0 Å². The van der Waals surface area contributed by atoms with Crippen LogP contribution in [0.5, 0.6) is 0 Å². The molecule has 1 aliphatic heterocycles. The monoisotopic (exact) mass is 503 g/mol. The second-order valence-corrected chi connectivity index (χ2v) is 12.5. The highest BCUT2D eigenvalue weighted by molar-refractivity contribution is 7.72. The molecule has 9 nitrogen and oxygen atoms in total. The van der Waals surface area contributed by atoms with Crippen molar-refractivity contribution in [3.05, 3.63) is 35.9 Å². The number of hydrogen-bond donors (Lipinski definition) is 0. The summed E-state index contributed by atoms with van der Waals surface area (Å²) in [7, 11) is -8.11.